The molecule has 0 radical (unpaired) electrons. The highest BCUT2D eigenvalue weighted by Crippen LogP contribution is 2.21. The Morgan fingerprint density at radius 2 is 2.33 bits per heavy atom. The maximum absolute atomic E-state index is 8.78. The standard InChI is InChI=1S/C10H9N5/c1-15-9(12)8(5-11)14-10(15)7-3-2-4-13-6-7/h2-4,6H,12H2,1H3. The van der Waals surface area contributed by atoms with Crippen LogP contribution in [-0.4, -0.2) is 14.5 Å². The molecule has 2 rings (SSSR count). The summed E-state index contributed by atoms with van der Waals surface area (Å²) in [6.45, 7) is 0. The minimum absolute atomic E-state index is 0.247. The first-order valence-electron chi connectivity index (χ1n) is 4.36. The van der Waals surface area contributed by atoms with Gasteiger partial charge in [0.15, 0.2) is 5.69 Å². The molecule has 0 unspecified atom stereocenters. The van der Waals surface area contributed by atoms with Gasteiger partial charge in [-0.1, -0.05) is 0 Å². The predicted molar refractivity (Wildman–Crippen MR) is 55.6 cm³/mol. The molecule has 5 nitrogen and oxygen atoms in total. The van der Waals surface area contributed by atoms with Gasteiger partial charge in [-0.05, 0) is 12.1 Å². The third-order valence-electron chi connectivity index (χ3n) is 2.17. The van der Waals surface area contributed by atoms with Crippen LogP contribution in [0.1, 0.15) is 5.69 Å². The van der Waals surface area contributed by atoms with Gasteiger partial charge in [0, 0.05) is 25.0 Å². The monoisotopic (exact) mass is 199 g/mol. The van der Waals surface area contributed by atoms with Crippen LogP contribution in [-0.2, 0) is 7.05 Å². The molecule has 5 heteroatoms. The Hall–Kier alpha value is -2.35. The van der Waals surface area contributed by atoms with E-state index in [2.05, 4.69) is 9.97 Å². The van der Waals surface area contributed by atoms with E-state index in [9.17, 15) is 0 Å². The van der Waals surface area contributed by atoms with Crippen LogP contribution in [0.3, 0.4) is 0 Å². The molecule has 2 aromatic heterocycles. The summed E-state index contributed by atoms with van der Waals surface area (Å²) in [5.74, 6) is 1.02. The van der Waals surface area contributed by atoms with Crippen LogP contribution in [0.2, 0.25) is 0 Å². The van der Waals surface area contributed by atoms with Crippen molar-refractivity contribution >= 4 is 5.82 Å². The van der Waals surface area contributed by atoms with Crippen molar-refractivity contribution in [2.75, 3.05) is 5.73 Å². The van der Waals surface area contributed by atoms with E-state index in [4.69, 9.17) is 11.0 Å². The summed E-state index contributed by atoms with van der Waals surface area (Å²) in [6.07, 6.45) is 3.37. The molecule has 0 aromatic carbocycles. The van der Waals surface area contributed by atoms with Gasteiger partial charge in [0.1, 0.15) is 17.7 Å². The summed E-state index contributed by atoms with van der Waals surface area (Å²) < 4.78 is 1.68. The first-order chi connectivity index (χ1) is 7.24. The zero-order valence-corrected chi connectivity index (χ0v) is 8.18. The van der Waals surface area contributed by atoms with E-state index in [0.29, 0.717) is 11.6 Å². The topological polar surface area (TPSA) is 80.5 Å². The minimum atomic E-state index is 0.247. The Labute approximate surface area is 86.8 Å². The van der Waals surface area contributed by atoms with Crippen LogP contribution in [0, 0.1) is 11.3 Å². The third kappa shape index (κ3) is 1.42. The van der Waals surface area contributed by atoms with Crippen molar-refractivity contribution in [3.63, 3.8) is 0 Å². The van der Waals surface area contributed by atoms with Gasteiger partial charge < -0.3 is 10.3 Å². The molecular formula is C10H9N5. The Morgan fingerprint density at radius 1 is 1.53 bits per heavy atom. The van der Waals surface area contributed by atoms with Crippen molar-refractivity contribution in [3.05, 3.63) is 30.2 Å². The number of rotatable bonds is 1. The van der Waals surface area contributed by atoms with Crippen LogP contribution in [0.5, 0.6) is 0 Å². The number of nitriles is 1. The number of nitrogens with zero attached hydrogens (tertiary/aromatic N) is 4. The van der Waals surface area contributed by atoms with E-state index in [1.165, 1.54) is 0 Å². The zero-order chi connectivity index (χ0) is 10.8. The lowest BCUT2D eigenvalue weighted by Crippen LogP contribution is -1.98. The fraction of sp³-hybridized carbons (Fsp3) is 0.100. The van der Waals surface area contributed by atoms with Crippen molar-refractivity contribution in [1.29, 1.82) is 5.26 Å². The van der Waals surface area contributed by atoms with E-state index in [-0.39, 0.29) is 5.69 Å². The number of anilines is 1. The number of nitrogens with two attached hydrogens (primary N) is 1. The molecule has 0 saturated heterocycles. The van der Waals surface area contributed by atoms with Gasteiger partial charge in [-0.25, -0.2) is 4.98 Å². The Kier molecular flexibility index (Phi) is 2.10. The second kappa shape index (κ2) is 3.42. The highest BCUT2D eigenvalue weighted by Gasteiger charge is 2.12. The van der Waals surface area contributed by atoms with E-state index in [1.54, 1.807) is 24.0 Å². The highest BCUT2D eigenvalue weighted by molar-refractivity contribution is 5.61. The number of aromatic nitrogens is 3. The summed E-state index contributed by atoms with van der Waals surface area (Å²) in [5, 5.41) is 8.78. The smallest absolute Gasteiger partial charge is 0.183 e. The number of nitrogen functional groups attached to an aromatic ring is 1. The van der Waals surface area contributed by atoms with E-state index < -0.39 is 0 Å². The van der Waals surface area contributed by atoms with Crippen molar-refractivity contribution in [1.82, 2.24) is 14.5 Å². The first-order valence-corrected chi connectivity index (χ1v) is 4.36. The number of hydrogen-bond donors (Lipinski definition) is 1. The lowest BCUT2D eigenvalue weighted by atomic mass is 10.3. The van der Waals surface area contributed by atoms with Crippen molar-refractivity contribution in [2.45, 2.75) is 0 Å². The van der Waals surface area contributed by atoms with Crippen LogP contribution in [0.4, 0.5) is 5.82 Å². The summed E-state index contributed by atoms with van der Waals surface area (Å²) >= 11 is 0. The third-order valence-corrected chi connectivity index (χ3v) is 2.17. The Morgan fingerprint density at radius 3 is 2.87 bits per heavy atom. The maximum atomic E-state index is 8.78. The molecule has 0 atom stereocenters. The minimum Gasteiger partial charge on any atom is -0.383 e. The van der Waals surface area contributed by atoms with Gasteiger partial charge in [0.25, 0.3) is 0 Å². The first kappa shape index (κ1) is 9.21. The molecule has 0 aliphatic heterocycles. The van der Waals surface area contributed by atoms with Crippen LogP contribution >= 0.6 is 0 Å². The summed E-state index contributed by atoms with van der Waals surface area (Å²) in [4.78, 5) is 8.12. The lowest BCUT2D eigenvalue weighted by molar-refractivity contribution is 0.935. The summed E-state index contributed by atoms with van der Waals surface area (Å²) in [5.41, 5.74) is 6.80. The predicted octanol–water partition coefficient (Wildman–Crippen LogP) is 0.936. The SMILES string of the molecule is Cn1c(-c2cccnc2)nc(C#N)c1N. The van der Waals surface area contributed by atoms with Gasteiger partial charge in [-0.3, -0.25) is 4.98 Å². The largest absolute Gasteiger partial charge is 0.383 e. The van der Waals surface area contributed by atoms with Gasteiger partial charge >= 0.3 is 0 Å². The molecule has 2 N–H and O–H groups in total. The molecule has 0 aliphatic carbocycles. The van der Waals surface area contributed by atoms with Crippen LogP contribution in [0.15, 0.2) is 24.5 Å². The summed E-state index contributed by atoms with van der Waals surface area (Å²) in [7, 11) is 1.77. The molecule has 2 heterocycles. The Bertz CT molecular complexity index is 521. The second-order valence-corrected chi connectivity index (χ2v) is 3.08. The van der Waals surface area contributed by atoms with Crippen LogP contribution < -0.4 is 5.73 Å². The van der Waals surface area contributed by atoms with Gasteiger partial charge in [0.05, 0.1) is 0 Å². The lowest BCUT2D eigenvalue weighted by Gasteiger charge is -2.01. The molecule has 0 spiro atoms. The molecule has 0 saturated carbocycles. The number of hydrogen-bond acceptors (Lipinski definition) is 4. The highest BCUT2D eigenvalue weighted by atomic mass is 15.1. The average molecular weight is 199 g/mol. The van der Waals surface area contributed by atoms with E-state index in [0.717, 1.165) is 5.56 Å². The normalized spacial score (nSPS) is 9.87. The second-order valence-electron chi connectivity index (χ2n) is 3.08. The van der Waals surface area contributed by atoms with Crippen molar-refractivity contribution in [2.24, 2.45) is 7.05 Å². The molecule has 0 bridgehead atoms. The van der Waals surface area contributed by atoms with Crippen LogP contribution in [0.25, 0.3) is 11.4 Å². The molecule has 74 valence electrons. The molecule has 0 fully saturated rings. The van der Waals surface area contributed by atoms with E-state index in [1.807, 2.05) is 18.2 Å². The van der Waals surface area contributed by atoms with Gasteiger partial charge in [-0.2, -0.15) is 5.26 Å². The Balaban J connectivity index is 2.61. The van der Waals surface area contributed by atoms with E-state index >= 15 is 0 Å². The van der Waals surface area contributed by atoms with Crippen molar-refractivity contribution in [3.8, 4) is 17.5 Å². The molecule has 2 aromatic rings. The molecule has 15 heavy (non-hydrogen) atoms. The number of imidazole rings is 1. The fourth-order valence-corrected chi connectivity index (χ4v) is 1.35. The fourth-order valence-electron chi connectivity index (χ4n) is 1.35. The van der Waals surface area contributed by atoms with Gasteiger partial charge in [0.2, 0.25) is 0 Å². The average Bonchev–Trinajstić information content (AvgIpc) is 2.57. The maximum Gasteiger partial charge on any atom is 0.183 e. The number of pyridine rings is 1. The molecule has 0 amide bonds. The quantitative estimate of drug-likeness (QED) is 0.741. The zero-order valence-electron chi connectivity index (χ0n) is 8.18. The summed E-state index contributed by atoms with van der Waals surface area (Å²) in [6, 6.07) is 5.63. The van der Waals surface area contributed by atoms with Crippen molar-refractivity contribution < 1.29 is 0 Å². The molecular weight excluding hydrogens is 190 g/mol. The molecule has 0 aliphatic rings. The van der Waals surface area contributed by atoms with Gasteiger partial charge in [-0.15, -0.1) is 0 Å².